The summed E-state index contributed by atoms with van der Waals surface area (Å²) in [7, 11) is 1.74. The van der Waals surface area contributed by atoms with Gasteiger partial charge in [-0.1, -0.05) is 13.8 Å². The van der Waals surface area contributed by atoms with Gasteiger partial charge in [0.25, 0.3) is 11.5 Å². The van der Waals surface area contributed by atoms with Crippen LogP contribution in [0.1, 0.15) is 35.8 Å². The van der Waals surface area contributed by atoms with Crippen molar-refractivity contribution in [2.45, 2.75) is 19.8 Å². The summed E-state index contributed by atoms with van der Waals surface area (Å²) in [6.07, 6.45) is 0. The lowest BCUT2D eigenvalue weighted by atomic mass is 10.1. The van der Waals surface area contributed by atoms with Crippen molar-refractivity contribution in [1.82, 2.24) is 9.47 Å². The zero-order valence-electron chi connectivity index (χ0n) is 11.7. The summed E-state index contributed by atoms with van der Waals surface area (Å²) in [5.74, 6) is 0.123. The normalized spacial score (nSPS) is 15.9. The lowest BCUT2D eigenvalue weighted by Gasteiger charge is -2.27. The lowest BCUT2D eigenvalue weighted by molar-refractivity contribution is 0.0302. The van der Waals surface area contributed by atoms with Crippen LogP contribution in [0.15, 0.2) is 16.9 Å². The number of nitrogens with zero attached hydrogens (tertiary/aromatic N) is 2. The Labute approximate surface area is 112 Å². The number of morpholine rings is 1. The zero-order valence-corrected chi connectivity index (χ0v) is 11.7. The summed E-state index contributed by atoms with van der Waals surface area (Å²) in [6, 6.07) is 3.24. The topological polar surface area (TPSA) is 51.5 Å². The van der Waals surface area contributed by atoms with Crippen LogP contribution in [-0.4, -0.2) is 41.7 Å². The van der Waals surface area contributed by atoms with Crippen LogP contribution in [0.2, 0.25) is 0 Å². The van der Waals surface area contributed by atoms with Gasteiger partial charge in [0.15, 0.2) is 0 Å². The summed E-state index contributed by atoms with van der Waals surface area (Å²) in [5.41, 5.74) is 1.22. The van der Waals surface area contributed by atoms with Crippen LogP contribution in [0.3, 0.4) is 0 Å². The molecule has 1 amide bonds. The van der Waals surface area contributed by atoms with Crippen LogP contribution in [0.5, 0.6) is 0 Å². The van der Waals surface area contributed by atoms with Crippen LogP contribution in [-0.2, 0) is 11.8 Å². The predicted octanol–water partition coefficient (Wildman–Crippen LogP) is 0.981. The summed E-state index contributed by atoms with van der Waals surface area (Å²) >= 11 is 0. The van der Waals surface area contributed by atoms with Crippen LogP contribution in [0, 0.1) is 0 Å². The molecule has 0 unspecified atom stereocenters. The molecule has 0 atom stereocenters. The molecule has 1 aliphatic heterocycles. The van der Waals surface area contributed by atoms with E-state index in [1.165, 1.54) is 6.07 Å². The Morgan fingerprint density at radius 3 is 2.47 bits per heavy atom. The zero-order chi connectivity index (χ0) is 14.0. The second-order valence-electron chi connectivity index (χ2n) is 5.13. The molecule has 0 spiro atoms. The molecule has 0 N–H and O–H groups in total. The molecule has 0 aliphatic carbocycles. The van der Waals surface area contributed by atoms with E-state index in [1.54, 1.807) is 16.5 Å². The average Bonchev–Trinajstić information content (AvgIpc) is 2.41. The van der Waals surface area contributed by atoms with E-state index in [0.717, 1.165) is 5.69 Å². The van der Waals surface area contributed by atoms with Gasteiger partial charge in [-0.25, -0.2) is 0 Å². The molecule has 2 heterocycles. The van der Waals surface area contributed by atoms with Gasteiger partial charge in [0.2, 0.25) is 0 Å². The minimum absolute atomic E-state index is 0.0806. The van der Waals surface area contributed by atoms with Crippen LogP contribution in [0.25, 0.3) is 0 Å². The first-order valence-electron chi connectivity index (χ1n) is 6.58. The molecular formula is C14H20N2O3. The molecule has 1 fully saturated rings. The first-order chi connectivity index (χ1) is 9.00. The Hall–Kier alpha value is -1.62. The summed E-state index contributed by atoms with van der Waals surface area (Å²) in [4.78, 5) is 26.0. The number of ether oxygens (including phenoxy) is 1. The monoisotopic (exact) mass is 264 g/mol. The molecule has 5 nitrogen and oxygen atoms in total. The van der Waals surface area contributed by atoms with Crippen molar-refractivity contribution >= 4 is 5.91 Å². The molecule has 104 valence electrons. The maximum atomic E-state index is 12.4. The maximum absolute atomic E-state index is 12.4. The smallest absolute Gasteiger partial charge is 0.254 e. The molecule has 1 aliphatic rings. The number of aromatic nitrogens is 1. The largest absolute Gasteiger partial charge is 0.378 e. The molecule has 5 heteroatoms. The van der Waals surface area contributed by atoms with Gasteiger partial charge in [0.1, 0.15) is 0 Å². The fourth-order valence-electron chi connectivity index (χ4n) is 2.28. The van der Waals surface area contributed by atoms with Crippen molar-refractivity contribution < 1.29 is 9.53 Å². The number of rotatable bonds is 2. The molecule has 1 aromatic rings. The first kappa shape index (κ1) is 13.8. The fourth-order valence-corrected chi connectivity index (χ4v) is 2.28. The number of amides is 1. The maximum Gasteiger partial charge on any atom is 0.254 e. The quantitative estimate of drug-likeness (QED) is 0.800. The van der Waals surface area contributed by atoms with Gasteiger partial charge < -0.3 is 14.2 Å². The van der Waals surface area contributed by atoms with Crippen molar-refractivity contribution in [2.75, 3.05) is 26.3 Å². The molecule has 0 bridgehead atoms. The number of pyridine rings is 1. The molecule has 19 heavy (non-hydrogen) atoms. The van der Waals surface area contributed by atoms with E-state index in [2.05, 4.69) is 0 Å². The molecular weight excluding hydrogens is 244 g/mol. The van der Waals surface area contributed by atoms with Crippen molar-refractivity contribution in [3.63, 3.8) is 0 Å². The van der Waals surface area contributed by atoms with Crippen LogP contribution >= 0.6 is 0 Å². The molecule has 1 aromatic heterocycles. The van der Waals surface area contributed by atoms with E-state index in [9.17, 15) is 9.59 Å². The van der Waals surface area contributed by atoms with Gasteiger partial charge in [0.05, 0.1) is 13.2 Å². The second-order valence-corrected chi connectivity index (χ2v) is 5.13. The summed E-state index contributed by atoms with van der Waals surface area (Å²) in [5, 5.41) is 0. The third-order valence-electron chi connectivity index (χ3n) is 3.44. The Kier molecular flexibility index (Phi) is 4.04. The lowest BCUT2D eigenvalue weighted by Crippen LogP contribution is -2.41. The van der Waals surface area contributed by atoms with Gasteiger partial charge in [-0.3, -0.25) is 9.59 Å². The van der Waals surface area contributed by atoms with E-state index in [0.29, 0.717) is 31.9 Å². The predicted molar refractivity (Wildman–Crippen MR) is 72.5 cm³/mol. The highest BCUT2D eigenvalue weighted by molar-refractivity contribution is 5.94. The van der Waals surface area contributed by atoms with E-state index in [-0.39, 0.29) is 17.4 Å². The summed E-state index contributed by atoms with van der Waals surface area (Å²) < 4.78 is 6.83. The molecule has 0 saturated carbocycles. The van der Waals surface area contributed by atoms with E-state index < -0.39 is 0 Å². The second kappa shape index (κ2) is 5.57. The molecule has 0 aromatic carbocycles. The fraction of sp³-hybridized carbons (Fsp3) is 0.571. The number of carbonyl (C=O) groups is 1. The van der Waals surface area contributed by atoms with Crippen molar-refractivity contribution in [3.05, 3.63) is 33.7 Å². The van der Waals surface area contributed by atoms with E-state index in [1.807, 2.05) is 19.9 Å². The van der Waals surface area contributed by atoms with Crippen LogP contribution < -0.4 is 5.56 Å². The minimum atomic E-state index is -0.136. The first-order valence-corrected chi connectivity index (χ1v) is 6.58. The van der Waals surface area contributed by atoms with Crippen molar-refractivity contribution in [3.8, 4) is 0 Å². The third kappa shape index (κ3) is 2.87. The third-order valence-corrected chi connectivity index (χ3v) is 3.44. The Balaban J connectivity index is 2.34. The van der Waals surface area contributed by atoms with Crippen LogP contribution in [0.4, 0.5) is 0 Å². The van der Waals surface area contributed by atoms with E-state index >= 15 is 0 Å². The SMILES string of the molecule is CC(C)c1cc(C(=O)N2CCOCC2)cc(=O)n1C. The summed E-state index contributed by atoms with van der Waals surface area (Å²) in [6.45, 7) is 6.33. The highest BCUT2D eigenvalue weighted by Gasteiger charge is 2.20. The Bertz CT molecular complexity index is 528. The van der Waals surface area contributed by atoms with Crippen molar-refractivity contribution in [2.24, 2.45) is 7.05 Å². The standard InChI is InChI=1S/C14H20N2O3/c1-10(2)12-8-11(9-13(17)15(12)3)14(18)16-4-6-19-7-5-16/h8-10H,4-7H2,1-3H3. The van der Waals surface area contributed by atoms with E-state index in [4.69, 9.17) is 4.74 Å². The number of hydrogen-bond donors (Lipinski definition) is 0. The van der Waals surface area contributed by atoms with Gasteiger partial charge in [-0.05, 0) is 12.0 Å². The highest BCUT2D eigenvalue weighted by atomic mass is 16.5. The Morgan fingerprint density at radius 2 is 1.89 bits per heavy atom. The molecule has 0 radical (unpaired) electrons. The Morgan fingerprint density at radius 1 is 1.26 bits per heavy atom. The molecule has 2 rings (SSSR count). The van der Waals surface area contributed by atoms with Gasteiger partial charge in [0, 0.05) is 37.5 Å². The minimum Gasteiger partial charge on any atom is -0.378 e. The highest BCUT2D eigenvalue weighted by Crippen LogP contribution is 2.15. The average molecular weight is 264 g/mol. The van der Waals surface area contributed by atoms with Gasteiger partial charge in [-0.15, -0.1) is 0 Å². The van der Waals surface area contributed by atoms with Crippen molar-refractivity contribution in [1.29, 1.82) is 0 Å². The molecule has 1 saturated heterocycles. The van der Waals surface area contributed by atoms with Gasteiger partial charge in [-0.2, -0.15) is 0 Å². The van der Waals surface area contributed by atoms with Gasteiger partial charge >= 0.3 is 0 Å². The number of carbonyl (C=O) groups excluding carboxylic acids is 1. The number of hydrogen-bond acceptors (Lipinski definition) is 3.